The van der Waals surface area contributed by atoms with E-state index >= 15 is 0 Å². The first-order valence-corrected chi connectivity index (χ1v) is 8.74. The number of thiocarbonyl (C=S) groups is 1. The van der Waals surface area contributed by atoms with E-state index in [1.807, 2.05) is 11.8 Å². The van der Waals surface area contributed by atoms with Crippen LogP contribution >= 0.6 is 35.3 Å². The normalized spacial score (nSPS) is 17.9. The van der Waals surface area contributed by atoms with Gasteiger partial charge in [-0.2, -0.15) is 0 Å². The van der Waals surface area contributed by atoms with Gasteiger partial charge in [0.15, 0.2) is 0 Å². The van der Waals surface area contributed by atoms with Crippen molar-refractivity contribution in [2.75, 3.05) is 5.32 Å². The van der Waals surface area contributed by atoms with Crippen LogP contribution in [0.5, 0.6) is 0 Å². The van der Waals surface area contributed by atoms with Gasteiger partial charge >= 0.3 is 0 Å². The number of anilines is 1. The van der Waals surface area contributed by atoms with Gasteiger partial charge < -0.3 is 10.1 Å². The standard InChI is InChI=1S/C15H15NOS3/c1-10-7-12-8-11(9-20-14-3-2-6-19-14)4-5-13(12)16-15(18)17-10/h2-6,8,10H,7,9H2,1H3,(H,16,18). The third-order valence-corrected chi connectivity index (χ3v) is 5.50. The van der Waals surface area contributed by atoms with Crippen LogP contribution in [0.3, 0.4) is 0 Å². The lowest BCUT2D eigenvalue weighted by molar-refractivity contribution is 0.217. The fourth-order valence-electron chi connectivity index (χ4n) is 2.20. The number of hydrogen-bond donors (Lipinski definition) is 1. The summed E-state index contributed by atoms with van der Waals surface area (Å²) in [7, 11) is 0. The Kier molecular flexibility index (Phi) is 4.29. The monoisotopic (exact) mass is 321 g/mol. The molecular formula is C15H15NOS3. The number of nitrogens with one attached hydrogen (secondary N) is 1. The Morgan fingerprint density at radius 1 is 1.45 bits per heavy atom. The zero-order valence-corrected chi connectivity index (χ0v) is 13.5. The van der Waals surface area contributed by atoms with Gasteiger partial charge in [-0.05, 0) is 47.8 Å². The van der Waals surface area contributed by atoms with E-state index in [-0.39, 0.29) is 6.10 Å². The van der Waals surface area contributed by atoms with Gasteiger partial charge in [0, 0.05) is 17.9 Å². The highest BCUT2D eigenvalue weighted by atomic mass is 32.2. The minimum Gasteiger partial charge on any atom is -0.467 e. The second-order valence-corrected chi connectivity index (χ2v) is 7.35. The summed E-state index contributed by atoms with van der Waals surface area (Å²) in [5.41, 5.74) is 3.69. The van der Waals surface area contributed by atoms with Crippen LogP contribution in [0.1, 0.15) is 18.1 Å². The molecule has 0 saturated heterocycles. The number of hydrogen-bond acceptors (Lipinski definition) is 4. The number of fused-ring (bicyclic) bond motifs is 1. The van der Waals surface area contributed by atoms with Crippen molar-refractivity contribution in [1.29, 1.82) is 0 Å². The molecule has 0 saturated carbocycles. The van der Waals surface area contributed by atoms with Crippen LogP contribution in [0.4, 0.5) is 5.69 Å². The van der Waals surface area contributed by atoms with E-state index in [1.54, 1.807) is 11.3 Å². The molecule has 1 aromatic heterocycles. The van der Waals surface area contributed by atoms with Crippen molar-refractivity contribution in [3.05, 3.63) is 46.8 Å². The van der Waals surface area contributed by atoms with Gasteiger partial charge in [0.25, 0.3) is 5.17 Å². The molecule has 2 heterocycles. The highest BCUT2D eigenvalue weighted by Crippen LogP contribution is 2.29. The Morgan fingerprint density at radius 3 is 3.15 bits per heavy atom. The molecular weight excluding hydrogens is 306 g/mol. The maximum atomic E-state index is 5.57. The second-order valence-electron chi connectivity index (χ2n) is 4.76. The zero-order chi connectivity index (χ0) is 13.9. The molecule has 1 unspecified atom stereocenters. The molecule has 5 heteroatoms. The maximum absolute atomic E-state index is 5.57. The number of rotatable bonds is 3. The zero-order valence-electron chi connectivity index (χ0n) is 11.1. The van der Waals surface area contributed by atoms with Crippen molar-refractivity contribution >= 4 is 46.2 Å². The Hall–Kier alpha value is -1.04. The van der Waals surface area contributed by atoms with Gasteiger partial charge in [-0.1, -0.05) is 18.2 Å². The number of thiophene rings is 1. The van der Waals surface area contributed by atoms with Crippen molar-refractivity contribution in [1.82, 2.24) is 0 Å². The van der Waals surface area contributed by atoms with E-state index in [9.17, 15) is 0 Å². The number of ether oxygens (including phenoxy) is 1. The molecule has 0 amide bonds. The molecule has 0 fully saturated rings. The molecule has 3 rings (SSSR count). The van der Waals surface area contributed by atoms with Crippen molar-refractivity contribution < 1.29 is 4.74 Å². The molecule has 2 aromatic rings. The first-order valence-electron chi connectivity index (χ1n) is 6.46. The molecule has 1 aliphatic heterocycles. The molecule has 0 radical (unpaired) electrons. The van der Waals surface area contributed by atoms with E-state index < -0.39 is 0 Å². The lowest BCUT2D eigenvalue weighted by atomic mass is 10.0. The Morgan fingerprint density at radius 2 is 2.35 bits per heavy atom. The van der Waals surface area contributed by atoms with Gasteiger partial charge in [0.05, 0.1) is 4.21 Å². The first kappa shape index (κ1) is 13.9. The third-order valence-electron chi connectivity index (χ3n) is 3.10. The van der Waals surface area contributed by atoms with Crippen molar-refractivity contribution in [3.63, 3.8) is 0 Å². The van der Waals surface area contributed by atoms with Crippen LogP contribution in [0, 0.1) is 0 Å². The highest BCUT2D eigenvalue weighted by Gasteiger charge is 2.16. The van der Waals surface area contributed by atoms with E-state index in [2.05, 4.69) is 48.0 Å². The summed E-state index contributed by atoms with van der Waals surface area (Å²) in [6, 6.07) is 10.8. The van der Waals surface area contributed by atoms with E-state index in [1.165, 1.54) is 15.3 Å². The van der Waals surface area contributed by atoms with E-state index in [4.69, 9.17) is 17.0 Å². The van der Waals surface area contributed by atoms with Gasteiger partial charge in [0.1, 0.15) is 6.10 Å². The molecule has 0 aliphatic carbocycles. The van der Waals surface area contributed by atoms with Gasteiger partial charge in [0.2, 0.25) is 0 Å². The highest BCUT2D eigenvalue weighted by molar-refractivity contribution is 8.00. The van der Waals surface area contributed by atoms with Gasteiger partial charge in [-0.15, -0.1) is 23.1 Å². The number of benzene rings is 1. The van der Waals surface area contributed by atoms with Crippen molar-refractivity contribution in [3.8, 4) is 0 Å². The van der Waals surface area contributed by atoms with Gasteiger partial charge in [-0.25, -0.2) is 0 Å². The SMILES string of the molecule is CC1Cc2cc(CSc3cccs3)ccc2NC(=S)O1. The Balaban J connectivity index is 1.76. The average Bonchev–Trinajstić information content (AvgIpc) is 2.87. The largest absolute Gasteiger partial charge is 0.467 e. The first-order chi connectivity index (χ1) is 9.70. The maximum Gasteiger partial charge on any atom is 0.261 e. The van der Waals surface area contributed by atoms with Crippen LogP contribution < -0.4 is 5.32 Å². The summed E-state index contributed by atoms with van der Waals surface area (Å²) in [5, 5.41) is 5.74. The molecule has 1 N–H and O–H groups in total. The van der Waals surface area contributed by atoms with Crippen LogP contribution in [0.25, 0.3) is 0 Å². The van der Waals surface area contributed by atoms with E-state index in [0.29, 0.717) is 5.17 Å². The Bertz CT molecular complexity index is 610. The predicted molar refractivity (Wildman–Crippen MR) is 90.8 cm³/mol. The lowest BCUT2D eigenvalue weighted by Gasteiger charge is -2.09. The fourth-order valence-corrected chi connectivity index (χ4v) is 4.20. The summed E-state index contributed by atoms with van der Waals surface area (Å²) in [6.07, 6.45) is 1.01. The molecule has 20 heavy (non-hydrogen) atoms. The second kappa shape index (κ2) is 6.16. The lowest BCUT2D eigenvalue weighted by Crippen LogP contribution is -2.16. The molecule has 0 bridgehead atoms. The minimum absolute atomic E-state index is 0.122. The molecule has 1 aromatic carbocycles. The fraction of sp³-hybridized carbons (Fsp3) is 0.267. The average molecular weight is 321 g/mol. The van der Waals surface area contributed by atoms with Crippen molar-refractivity contribution in [2.45, 2.75) is 29.4 Å². The summed E-state index contributed by atoms with van der Waals surface area (Å²) in [6.45, 7) is 2.05. The molecule has 2 nitrogen and oxygen atoms in total. The van der Waals surface area contributed by atoms with Crippen LogP contribution in [-0.2, 0) is 16.9 Å². The minimum atomic E-state index is 0.122. The molecule has 1 aliphatic rings. The quantitative estimate of drug-likeness (QED) is 0.653. The third kappa shape index (κ3) is 3.34. The topological polar surface area (TPSA) is 21.3 Å². The molecule has 0 spiro atoms. The summed E-state index contributed by atoms with van der Waals surface area (Å²) >= 11 is 8.81. The molecule has 104 valence electrons. The van der Waals surface area contributed by atoms with Gasteiger partial charge in [-0.3, -0.25) is 0 Å². The van der Waals surface area contributed by atoms with Crippen LogP contribution in [0.2, 0.25) is 0 Å². The predicted octanol–water partition coefficient (Wildman–Crippen LogP) is 4.70. The smallest absolute Gasteiger partial charge is 0.261 e. The summed E-state index contributed by atoms with van der Waals surface area (Å²) in [4.78, 5) is 0. The van der Waals surface area contributed by atoms with Crippen molar-refractivity contribution in [2.24, 2.45) is 0 Å². The van der Waals surface area contributed by atoms with Crippen LogP contribution in [0.15, 0.2) is 39.9 Å². The van der Waals surface area contributed by atoms with Crippen LogP contribution in [-0.4, -0.2) is 11.3 Å². The summed E-state index contributed by atoms with van der Waals surface area (Å²) in [5.74, 6) is 0.994. The summed E-state index contributed by atoms with van der Waals surface area (Å²) < 4.78 is 6.93. The Labute approximate surface area is 132 Å². The van der Waals surface area contributed by atoms with E-state index in [0.717, 1.165) is 17.9 Å². The molecule has 1 atom stereocenters. The number of thioether (sulfide) groups is 1.